The highest BCUT2D eigenvalue weighted by molar-refractivity contribution is 5.97. The molecule has 0 aliphatic rings. The topological polar surface area (TPSA) is 107 Å². The summed E-state index contributed by atoms with van der Waals surface area (Å²) >= 11 is 0. The minimum absolute atomic E-state index is 0.00426. The summed E-state index contributed by atoms with van der Waals surface area (Å²) in [5.41, 5.74) is 10.8. The molecule has 0 atom stereocenters. The largest absolute Gasteiger partial charge is 0.477 e. The first-order valence-electron chi connectivity index (χ1n) is 3.82. The number of hydrogen-bond acceptors (Lipinski definition) is 4. The Balaban J connectivity index is 3.30. The minimum atomic E-state index is -1.15. The van der Waals surface area contributed by atoms with Gasteiger partial charge in [0.25, 0.3) is 0 Å². The number of carboxylic acid groups (broad SMARTS) is 1. The Bertz CT molecular complexity index is 343. The second-order valence-electron chi connectivity index (χ2n) is 2.99. The Hall–Kier alpha value is -1.72. The Morgan fingerprint density at radius 1 is 1.54 bits per heavy atom. The molecule has 5 N–H and O–H groups in total. The van der Waals surface area contributed by atoms with Gasteiger partial charge < -0.3 is 16.6 Å². The van der Waals surface area contributed by atoms with Crippen LogP contribution in [0.15, 0.2) is 0 Å². The third-order valence-electron chi connectivity index (χ3n) is 1.68. The van der Waals surface area contributed by atoms with E-state index in [0.29, 0.717) is 0 Å². The highest BCUT2D eigenvalue weighted by Crippen LogP contribution is 2.21. The van der Waals surface area contributed by atoms with E-state index >= 15 is 0 Å². The number of rotatable bonds is 2. The van der Waals surface area contributed by atoms with Crippen molar-refractivity contribution in [1.29, 1.82) is 0 Å². The smallest absolute Gasteiger partial charge is 0.343 e. The molecule has 0 aliphatic carbocycles. The molecule has 0 saturated carbocycles. The molecule has 72 valence electrons. The molecule has 0 unspecified atom stereocenters. The quantitative estimate of drug-likeness (QED) is 0.613. The van der Waals surface area contributed by atoms with E-state index in [2.05, 4.69) is 5.10 Å². The van der Waals surface area contributed by atoms with E-state index in [4.69, 9.17) is 16.6 Å². The van der Waals surface area contributed by atoms with Crippen LogP contribution in [0.2, 0.25) is 0 Å². The van der Waals surface area contributed by atoms with Gasteiger partial charge >= 0.3 is 5.97 Å². The molecule has 0 fully saturated rings. The lowest BCUT2D eigenvalue weighted by Gasteiger charge is -2.06. The summed E-state index contributed by atoms with van der Waals surface area (Å²) in [6, 6.07) is -0.00426. The van der Waals surface area contributed by atoms with Crippen LogP contribution in [0.3, 0.4) is 0 Å². The predicted molar refractivity (Wildman–Crippen MR) is 48.4 cm³/mol. The van der Waals surface area contributed by atoms with Crippen molar-refractivity contribution in [3.05, 3.63) is 5.56 Å². The first kappa shape index (κ1) is 9.37. The van der Waals surface area contributed by atoms with Gasteiger partial charge in [0.05, 0.1) is 0 Å². The van der Waals surface area contributed by atoms with Gasteiger partial charge in [-0.3, -0.25) is 0 Å². The van der Waals surface area contributed by atoms with Gasteiger partial charge in [0.15, 0.2) is 5.82 Å². The number of nitrogens with zero attached hydrogens (tertiary/aromatic N) is 2. The summed E-state index contributed by atoms with van der Waals surface area (Å²) in [5, 5.41) is 12.5. The number of nitrogen functional groups attached to an aromatic ring is 2. The fourth-order valence-electron chi connectivity index (χ4n) is 1.08. The maximum Gasteiger partial charge on any atom is 0.343 e. The summed E-state index contributed by atoms with van der Waals surface area (Å²) in [7, 11) is 0. The number of aromatic carboxylic acids is 1. The molecule has 1 rings (SSSR count). The van der Waals surface area contributed by atoms with Crippen molar-refractivity contribution >= 4 is 17.6 Å². The molecule has 1 heterocycles. The van der Waals surface area contributed by atoms with Gasteiger partial charge in [0.1, 0.15) is 11.4 Å². The maximum absolute atomic E-state index is 10.7. The third-order valence-corrected chi connectivity index (χ3v) is 1.68. The summed E-state index contributed by atoms with van der Waals surface area (Å²) in [5.74, 6) is -1.10. The van der Waals surface area contributed by atoms with E-state index in [0.717, 1.165) is 0 Å². The lowest BCUT2D eigenvalue weighted by Crippen LogP contribution is -2.09. The SMILES string of the molecule is CC(C)n1nc(N)c(C(=O)O)c1N. The monoisotopic (exact) mass is 184 g/mol. The van der Waals surface area contributed by atoms with Gasteiger partial charge in [-0.2, -0.15) is 5.10 Å². The minimum Gasteiger partial charge on any atom is -0.477 e. The molecule has 1 aromatic heterocycles. The lowest BCUT2D eigenvalue weighted by molar-refractivity contribution is 0.0699. The number of anilines is 2. The molecule has 0 radical (unpaired) electrons. The van der Waals surface area contributed by atoms with Crippen molar-refractivity contribution in [3.63, 3.8) is 0 Å². The van der Waals surface area contributed by atoms with Crippen molar-refractivity contribution in [2.24, 2.45) is 0 Å². The number of nitrogens with two attached hydrogens (primary N) is 2. The van der Waals surface area contributed by atoms with E-state index in [9.17, 15) is 4.79 Å². The molecule has 6 nitrogen and oxygen atoms in total. The van der Waals surface area contributed by atoms with Crippen LogP contribution >= 0.6 is 0 Å². The highest BCUT2D eigenvalue weighted by Gasteiger charge is 2.20. The van der Waals surface area contributed by atoms with Crippen LogP contribution in [0.25, 0.3) is 0 Å². The van der Waals surface area contributed by atoms with E-state index in [1.165, 1.54) is 4.68 Å². The van der Waals surface area contributed by atoms with Crippen LogP contribution in [0.5, 0.6) is 0 Å². The predicted octanol–water partition coefficient (Wildman–Crippen LogP) is 0.327. The Morgan fingerprint density at radius 3 is 2.31 bits per heavy atom. The number of carbonyl (C=O) groups is 1. The highest BCUT2D eigenvalue weighted by atomic mass is 16.4. The molecule has 6 heteroatoms. The van der Waals surface area contributed by atoms with Gasteiger partial charge in [-0.15, -0.1) is 0 Å². The Kier molecular flexibility index (Phi) is 2.14. The fraction of sp³-hybridized carbons (Fsp3) is 0.429. The molecule has 0 amide bonds. The van der Waals surface area contributed by atoms with Gasteiger partial charge in [-0.05, 0) is 13.8 Å². The second kappa shape index (κ2) is 2.96. The summed E-state index contributed by atoms with van der Waals surface area (Å²) < 4.78 is 1.39. The summed E-state index contributed by atoms with van der Waals surface area (Å²) in [6.07, 6.45) is 0. The molecule has 13 heavy (non-hydrogen) atoms. The Labute approximate surface area is 75.1 Å². The van der Waals surface area contributed by atoms with Crippen molar-refractivity contribution in [3.8, 4) is 0 Å². The average molecular weight is 184 g/mol. The summed E-state index contributed by atoms with van der Waals surface area (Å²) in [4.78, 5) is 10.7. The molecule has 0 bridgehead atoms. The first-order valence-corrected chi connectivity index (χ1v) is 3.82. The fourth-order valence-corrected chi connectivity index (χ4v) is 1.08. The number of hydrogen-bond donors (Lipinski definition) is 3. The molecule has 0 aromatic carbocycles. The van der Waals surface area contributed by atoms with E-state index in [1.54, 1.807) is 0 Å². The van der Waals surface area contributed by atoms with Gasteiger partial charge in [0.2, 0.25) is 0 Å². The molecule has 0 spiro atoms. The van der Waals surface area contributed by atoms with E-state index in [1.807, 2.05) is 13.8 Å². The van der Waals surface area contributed by atoms with Crippen molar-refractivity contribution in [2.75, 3.05) is 11.5 Å². The molecule has 1 aromatic rings. The van der Waals surface area contributed by atoms with Crippen LogP contribution in [-0.2, 0) is 0 Å². The molecule has 0 aliphatic heterocycles. The Morgan fingerprint density at radius 2 is 2.08 bits per heavy atom. The lowest BCUT2D eigenvalue weighted by atomic mass is 10.3. The van der Waals surface area contributed by atoms with Gasteiger partial charge in [-0.1, -0.05) is 0 Å². The molecule has 0 saturated heterocycles. The zero-order valence-corrected chi connectivity index (χ0v) is 7.48. The number of aromatic nitrogens is 2. The standard InChI is InChI=1S/C7H12N4O2/c1-3(2)11-6(9)4(7(12)13)5(8)10-11/h3H,9H2,1-2H3,(H2,8,10)(H,12,13). The van der Waals surface area contributed by atoms with Crippen molar-refractivity contribution in [1.82, 2.24) is 9.78 Å². The van der Waals surface area contributed by atoms with Crippen LogP contribution < -0.4 is 11.5 Å². The third kappa shape index (κ3) is 1.42. The van der Waals surface area contributed by atoms with Gasteiger partial charge in [0, 0.05) is 6.04 Å². The van der Waals surface area contributed by atoms with E-state index < -0.39 is 5.97 Å². The van der Waals surface area contributed by atoms with Gasteiger partial charge in [-0.25, -0.2) is 9.48 Å². The molecular weight excluding hydrogens is 172 g/mol. The second-order valence-corrected chi connectivity index (χ2v) is 2.99. The van der Waals surface area contributed by atoms with Crippen molar-refractivity contribution in [2.45, 2.75) is 19.9 Å². The maximum atomic E-state index is 10.7. The van der Waals surface area contributed by atoms with Crippen LogP contribution in [0, 0.1) is 0 Å². The number of carboxylic acids is 1. The van der Waals surface area contributed by atoms with Crippen molar-refractivity contribution < 1.29 is 9.90 Å². The first-order chi connectivity index (χ1) is 5.95. The van der Waals surface area contributed by atoms with E-state index in [-0.39, 0.29) is 23.2 Å². The zero-order valence-electron chi connectivity index (χ0n) is 7.48. The summed E-state index contributed by atoms with van der Waals surface area (Å²) in [6.45, 7) is 3.68. The zero-order chi connectivity index (χ0) is 10.2. The van der Waals surface area contributed by atoms with Crippen LogP contribution in [0.4, 0.5) is 11.6 Å². The normalized spacial score (nSPS) is 10.7. The average Bonchev–Trinajstić information content (AvgIpc) is 2.26. The van der Waals surface area contributed by atoms with Crippen LogP contribution in [-0.4, -0.2) is 20.9 Å². The molecular formula is C7H12N4O2. The van der Waals surface area contributed by atoms with Crippen LogP contribution in [0.1, 0.15) is 30.2 Å².